The summed E-state index contributed by atoms with van der Waals surface area (Å²) in [6, 6.07) is 9.87. The van der Waals surface area contributed by atoms with Crippen molar-refractivity contribution in [1.82, 2.24) is 5.32 Å². The van der Waals surface area contributed by atoms with Gasteiger partial charge >= 0.3 is 0 Å². The van der Waals surface area contributed by atoms with Gasteiger partial charge in [-0.25, -0.2) is 0 Å². The summed E-state index contributed by atoms with van der Waals surface area (Å²) in [4.78, 5) is 2.54. The molecule has 0 bridgehead atoms. The highest BCUT2D eigenvalue weighted by atomic mass is 15.1. The van der Waals surface area contributed by atoms with Crippen LogP contribution in [0.5, 0.6) is 0 Å². The fraction of sp³-hybridized carbons (Fsp3) is 0.625. The smallest absolute Gasteiger partial charge is 0.0369 e. The van der Waals surface area contributed by atoms with E-state index in [1.54, 1.807) is 0 Å². The van der Waals surface area contributed by atoms with Crippen LogP contribution in [-0.4, -0.2) is 19.1 Å². The van der Waals surface area contributed by atoms with Gasteiger partial charge in [-0.2, -0.15) is 0 Å². The van der Waals surface area contributed by atoms with Crippen LogP contribution in [0.4, 0.5) is 5.69 Å². The lowest BCUT2D eigenvalue weighted by atomic mass is 9.93. The zero-order valence-corrected chi connectivity index (χ0v) is 11.2. The maximum absolute atomic E-state index is 3.65. The summed E-state index contributed by atoms with van der Waals surface area (Å²) >= 11 is 0. The summed E-state index contributed by atoms with van der Waals surface area (Å²) in [6.07, 6.45) is 8.25. The zero-order chi connectivity index (χ0) is 12.2. The molecule has 1 saturated carbocycles. The van der Waals surface area contributed by atoms with E-state index < -0.39 is 0 Å². The highest BCUT2D eigenvalue weighted by molar-refractivity contribution is 5.48. The van der Waals surface area contributed by atoms with Crippen molar-refractivity contribution in [2.24, 2.45) is 0 Å². The molecule has 0 aromatic heterocycles. The van der Waals surface area contributed by atoms with Gasteiger partial charge in [0, 0.05) is 31.4 Å². The highest BCUT2D eigenvalue weighted by Gasteiger charge is 2.16. The van der Waals surface area contributed by atoms with Gasteiger partial charge in [0.05, 0.1) is 0 Å². The van der Waals surface area contributed by atoms with Crippen LogP contribution in [0.15, 0.2) is 24.3 Å². The van der Waals surface area contributed by atoms with Crippen molar-refractivity contribution in [1.29, 1.82) is 0 Å². The minimum absolute atomic E-state index is 0.781. The van der Waals surface area contributed by atoms with Crippen molar-refractivity contribution in [3.05, 3.63) is 29.8 Å². The Balaban J connectivity index is 1.60. The van der Waals surface area contributed by atoms with E-state index in [4.69, 9.17) is 0 Å². The third kappa shape index (κ3) is 2.86. The van der Waals surface area contributed by atoms with Gasteiger partial charge in [-0.3, -0.25) is 0 Å². The molecule has 0 spiro atoms. The van der Waals surface area contributed by atoms with E-state index in [2.05, 4.69) is 34.5 Å². The second kappa shape index (κ2) is 5.75. The first-order valence-corrected chi connectivity index (χ1v) is 7.49. The fourth-order valence-corrected chi connectivity index (χ4v) is 2.89. The summed E-state index contributed by atoms with van der Waals surface area (Å²) in [6.45, 7) is 3.51. The molecule has 1 aliphatic carbocycles. The number of nitrogens with one attached hydrogen (secondary N) is 1. The van der Waals surface area contributed by atoms with E-state index in [0.717, 1.165) is 12.6 Å². The predicted octanol–water partition coefficient (Wildman–Crippen LogP) is 3.32. The van der Waals surface area contributed by atoms with Crippen LogP contribution in [0.1, 0.15) is 44.1 Å². The largest absolute Gasteiger partial charge is 0.372 e. The molecule has 2 fully saturated rings. The van der Waals surface area contributed by atoms with Crippen LogP contribution in [0.3, 0.4) is 0 Å². The van der Waals surface area contributed by atoms with Crippen LogP contribution < -0.4 is 10.2 Å². The lowest BCUT2D eigenvalue weighted by Gasteiger charge is -2.29. The molecule has 0 atom stereocenters. The third-order valence-electron chi connectivity index (χ3n) is 4.33. The minimum Gasteiger partial charge on any atom is -0.372 e. The van der Waals surface area contributed by atoms with Gasteiger partial charge in [0.2, 0.25) is 0 Å². The normalized spacial score (nSPS) is 20.8. The molecule has 2 heteroatoms. The van der Waals surface area contributed by atoms with Crippen molar-refractivity contribution in [2.75, 3.05) is 18.0 Å². The monoisotopic (exact) mass is 244 g/mol. The Hall–Kier alpha value is -1.02. The molecular formula is C16H24N2. The molecule has 1 aromatic rings. The van der Waals surface area contributed by atoms with Gasteiger partial charge in [0.1, 0.15) is 0 Å². The maximum atomic E-state index is 3.65. The second-order valence-electron chi connectivity index (χ2n) is 5.73. The van der Waals surface area contributed by atoms with Crippen LogP contribution >= 0.6 is 0 Å². The average molecular weight is 244 g/mol. The Bertz CT molecular complexity index is 378. The van der Waals surface area contributed by atoms with E-state index in [1.807, 2.05) is 0 Å². The molecule has 1 aromatic carbocycles. The fourth-order valence-electron chi connectivity index (χ4n) is 2.89. The standard InChI is InChI=1S/C16H24N2/c1-2-10-18(11-3-1)16-9-4-6-14(12-16)13-17-15-7-5-8-15/h4,6,9,12,15,17H,1-3,5,7-8,10-11,13H2. The predicted molar refractivity (Wildman–Crippen MR) is 77.0 cm³/mol. The van der Waals surface area contributed by atoms with Crippen molar-refractivity contribution in [3.8, 4) is 0 Å². The number of nitrogens with zero attached hydrogens (tertiary/aromatic N) is 1. The molecule has 0 radical (unpaired) electrons. The summed E-state index contributed by atoms with van der Waals surface area (Å²) in [7, 11) is 0. The Labute approximate surface area is 110 Å². The molecule has 0 amide bonds. The molecule has 1 heterocycles. The molecule has 2 nitrogen and oxygen atoms in total. The lowest BCUT2D eigenvalue weighted by molar-refractivity contribution is 0.338. The SMILES string of the molecule is c1cc(CNC2CCC2)cc(N2CCCCC2)c1. The molecule has 98 valence electrons. The van der Waals surface area contributed by atoms with Gasteiger partial charge in [-0.15, -0.1) is 0 Å². The van der Waals surface area contributed by atoms with Crippen molar-refractivity contribution < 1.29 is 0 Å². The number of hydrogen-bond donors (Lipinski definition) is 1. The molecular weight excluding hydrogens is 220 g/mol. The molecule has 1 N–H and O–H groups in total. The van der Waals surface area contributed by atoms with Gasteiger partial charge in [0.15, 0.2) is 0 Å². The van der Waals surface area contributed by atoms with Crippen molar-refractivity contribution in [2.45, 2.75) is 51.1 Å². The van der Waals surface area contributed by atoms with Crippen LogP contribution in [0.2, 0.25) is 0 Å². The van der Waals surface area contributed by atoms with Crippen molar-refractivity contribution >= 4 is 5.69 Å². The molecule has 1 aliphatic heterocycles. The van der Waals surface area contributed by atoms with Crippen molar-refractivity contribution in [3.63, 3.8) is 0 Å². The van der Waals surface area contributed by atoms with E-state index in [0.29, 0.717) is 0 Å². The number of anilines is 1. The Kier molecular flexibility index (Phi) is 3.84. The highest BCUT2D eigenvalue weighted by Crippen LogP contribution is 2.22. The summed E-state index contributed by atoms with van der Waals surface area (Å²) < 4.78 is 0. The number of benzene rings is 1. The van der Waals surface area contributed by atoms with Crippen LogP contribution in [0, 0.1) is 0 Å². The molecule has 1 saturated heterocycles. The molecule has 18 heavy (non-hydrogen) atoms. The van der Waals surface area contributed by atoms with Crippen LogP contribution in [-0.2, 0) is 6.54 Å². The van der Waals surface area contributed by atoms with Gasteiger partial charge in [-0.1, -0.05) is 18.6 Å². The van der Waals surface area contributed by atoms with Gasteiger partial charge in [-0.05, 0) is 49.8 Å². The van der Waals surface area contributed by atoms with Crippen LogP contribution in [0.25, 0.3) is 0 Å². The number of hydrogen-bond acceptors (Lipinski definition) is 2. The Morgan fingerprint density at radius 2 is 1.89 bits per heavy atom. The summed E-state index contributed by atoms with van der Waals surface area (Å²) in [5.74, 6) is 0. The molecule has 0 unspecified atom stereocenters. The first-order valence-electron chi connectivity index (χ1n) is 7.49. The first-order chi connectivity index (χ1) is 8.92. The van der Waals surface area contributed by atoms with Gasteiger partial charge in [0.25, 0.3) is 0 Å². The Morgan fingerprint density at radius 1 is 1.06 bits per heavy atom. The minimum atomic E-state index is 0.781. The maximum Gasteiger partial charge on any atom is 0.0369 e. The van der Waals surface area contributed by atoms with E-state index in [-0.39, 0.29) is 0 Å². The zero-order valence-electron chi connectivity index (χ0n) is 11.2. The van der Waals surface area contributed by atoms with E-state index in [9.17, 15) is 0 Å². The average Bonchev–Trinajstić information content (AvgIpc) is 2.38. The third-order valence-corrected chi connectivity index (χ3v) is 4.33. The molecule has 3 rings (SSSR count). The van der Waals surface area contributed by atoms with Gasteiger partial charge < -0.3 is 10.2 Å². The molecule has 2 aliphatic rings. The summed E-state index contributed by atoms with van der Waals surface area (Å²) in [5, 5.41) is 3.65. The number of piperidine rings is 1. The number of rotatable bonds is 4. The quantitative estimate of drug-likeness (QED) is 0.874. The lowest BCUT2D eigenvalue weighted by Crippen LogP contribution is -2.34. The summed E-state index contributed by atoms with van der Waals surface area (Å²) in [5.41, 5.74) is 2.85. The van der Waals surface area contributed by atoms with E-state index >= 15 is 0 Å². The van der Waals surface area contributed by atoms with E-state index in [1.165, 1.54) is 62.9 Å². The topological polar surface area (TPSA) is 15.3 Å². The Morgan fingerprint density at radius 3 is 2.61 bits per heavy atom. The second-order valence-corrected chi connectivity index (χ2v) is 5.73. The first kappa shape index (κ1) is 12.0.